The zero-order chi connectivity index (χ0) is 16.8. The number of hydrogen-bond donors (Lipinski definition) is 2. The van der Waals surface area contributed by atoms with E-state index < -0.39 is 0 Å². The van der Waals surface area contributed by atoms with Gasteiger partial charge in [0.05, 0.1) is 18.3 Å². The number of halogens is 1. The number of nitrogens with one attached hydrogen (secondary N) is 2. The van der Waals surface area contributed by atoms with Gasteiger partial charge < -0.3 is 15.4 Å². The Morgan fingerprint density at radius 1 is 1.22 bits per heavy atom. The van der Waals surface area contributed by atoms with E-state index in [-0.39, 0.29) is 18.6 Å². The van der Waals surface area contributed by atoms with Crippen LogP contribution in [0.2, 0.25) is 0 Å². The molecule has 0 fully saturated rings. The molecule has 0 radical (unpaired) electrons. The van der Waals surface area contributed by atoms with Crippen molar-refractivity contribution in [3.05, 3.63) is 52.5 Å². The minimum Gasteiger partial charge on any atom is -0.489 e. The summed E-state index contributed by atoms with van der Waals surface area (Å²) in [5.74, 6) is 0.556. The van der Waals surface area contributed by atoms with Gasteiger partial charge in [-0.05, 0) is 56.7 Å². The third-order valence-electron chi connectivity index (χ3n) is 3.13. The zero-order valence-electron chi connectivity index (χ0n) is 13.5. The highest BCUT2D eigenvalue weighted by molar-refractivity contribution is 9.10. The van der Waals surface area contributed by atoms with E-state index in [1.807, 2.05) is 63.2 Å². The third-order valence-corrected chi connectivity index (χ3v) is 4.02. The number of aryl methyl sites for hydroxylation is 1. The first-order valence-corrected chi connectivity index (χ1v) is 8.30. The number of rotatable bonds is 6. The number of anilines is 2. The van der Waals surface area contributed by atoms with Gasteiger partial charge in [-0.2, -0.15) is 0 Å². The quantitative estimate of drug-likeness (QED) is 0.774. The van der Waals surface area contributed by atoms with E-state index in [1.165, 1.54) is 0 Å². The van der Waals surface area contributed by atoms with E-state index in [2.05, 4.69) is 26.6 Å². The molecule has 5 heteroatoms. The number of hydrogen-bond acceptors (Lipinski definition) is 3. The van der Waals surface area contributed by atoms with Gasteiger partial charge in [0.2, 0.25) is 5.91 Å². The molecule has 2 rings (SSSR count). The molecule has 0 unspecified atom stereocenters. The Hall–Kier alpha value is -2.01. The second kappa shape index (κ2) is 8.02. The maximum Gasteiger partial charge on any atom is 0.243 e. The molecule has 2 aromatic carbocycles. The number of amides is 1. The summed E-state index contributed by atoms with van der Waals surface area (Å²) in [6.07, 6.45) is 0.0527. The van der Waals surface area contributed by atoms with Crippen LogP contribution in [0.15, 0.2) is 46.9 Å². The number of carbonyl (C=O) groups excluding carboxylic acids is 1. The molecule has 0 spiro atoms. The molecule has 0 aromatic heterocycles. The third kappa shape index (κ3) is 5.28. The van der Waals surface area contributed by atoms with Crippen molar-refractivity contribution in [1.82, 2.24) is 0 Å². The summed E-state index contributed by atoms with van der Waals surface area (Å²) in [6.45, 7) is 6.11. The first-order valence-electron chi connectivity index (χ1n) is 7.51. The van der Waals surface area contributed by atoms with Crippen molar-refractivity contribution in [2.45, 2.75) is 26.9 Å². The number of benzene rings is 2. The second-order valence-corrected chi connectivity index (χ2v) is 6.38. The minimum absolute atomic E-state index is 0.0527. The fourth-order valence-corrected chi connectivity index (χ4v) is 2.30. The van der Waals surface area contributed by atoms with Crippen molar-refractivity contribution in [2.24, 2.45) is 0 Å². The smallest absolute Gasteiger partial charge is 0.243 e. The van der Waals surface area contributed by atoms with Crippen molar-refractivity contribution in [1.29, 1.82) is 0 Å². The fourth-order valence-electron chi connectivity index (χ4n) is 2.06. The number of carbonyl (C=O) groups is 1. The van der Waals surface area contributed by atoms with E-state index in [0.29, 0.717) is 11.4 Å². The highest BCUT2D eigenvalue weighted by Gasteiger charge is 2.09. The van der Waals surface area contributed by atoms with E-state index in [1.54, 1.807) is 0 Å². The lowest BCUT2D eigenvalue weighted by atomic mass is 10.2. The van der Waals surface area contributed by atoms with E-state index in [0.717, 1.165) is 15.7 Å². The van der Waals surface area contributed by atoms with Gasteiger partial charge in [0.25, 0.3) is 0 Å². The van der Waals surface area contributed by atoms with Crippen LogP contribution >= 0.6 is 15.9 Å². The van der Waals surface area contributed by atoms with Crippen LogP contribution in [0.3, 0.4) is 0 Å². The summed E-state index contributed by atoms with van der Waals surface area (Å²) >= 11 is 3.46. The van der Waals surface area contributed by atoms with Gasteiger partial charge in [-0.3, -0.25) is 4.79 Å². The highest BCUT2D eigenvalue weighted by Crippen LogP contribution is 2.25. The lowest BCUT2D eigenvalue weighted by Crippen LogP contribution is -2.22. The summed E-state index contributed by atoms with van der Waals surface area (Å²) in [7, 11) is 0. The average molecular weight is 377 g/mol. The monoisotopic (exact) mass is 376 g/mol. The fraction of sp³-hybridized carbons (Fsp3) is 0.278. The minimum atomic E-state index is -0.120. The molecule has 0 saturated heterocycles. The van der Waals surface area contributed by atoms with Gasteiger partial charge in [-0.1, -0.05) is 28.1 Å². The normalized spacial score (nSPS) is 10.5. The Morgan fingerprint density at radius 3 is 2.65 bits per heavy atom. The summed E-state index contributed by atoms with van der Waals surface area (Å²) < 4.78 is 6.75. The maximum atomic E-state index is 12.1. The van der Waals surface area contributed by atoms with Crippen molar-refractivity contribution >= 4 is 33.2 Å². The Labute approximate surface area is 145 Å². The molecule has 23 heavy (non-hydrogen) atoms. The van der Waals surface area contributed by atoms with E-state index in [9.17, 15) is 4.79 Å². The second-order valence-electron chi connectivity index (χ2n) is 5.53. The summed E-state index contributed by atoms with van der Waals surface area (Å²) in [4.78, 5) is 12.1. The summed E-state index contributed by atoms with van der Waals surface area (Å²) in [5, 5.41) is 6.00. The first-order chi connectivity index (χ1) is 11.0. The molecule has 122 valence electrons. The van der Waals surface area contributed by atoms with Crippen LogP contribution < -0.4 is 15.4 Å². The number of para-hydroxylation sites is 2. The SMILES string of the molecule is Cc1cc(NCC(=O)Nc2ccccc2OC(C)C)ccc1Br. The topological polar surface area (TPSA) is 50.4 Å². The van der Waals surface area contributed by atoms with Crippen molar-refractivity contribution in [3.63, 3.8) is 0 Å². The van der Waals surface area contributed by atoms with Gasteiger partial charge in [-0.25, -0.2) is 0 Å². The van der Waals surface area contributed by atoms with Crippen molar-refractivity contribution in [2.75, 3.05) is 17.2 Å². The Bertz CT molecular complexity index is 686. The number of ether oxygens (including phenoxy) is 1. The van der Waals surface area contributed by atoms with Gasteiger partial charge in [-0.15, -0.1) is 0 Å². The predicted molar refractivity (Wildman–Crippen MR) is 98.2 cm³/mol. The molecule has 2 aromatic rings. The van der Waals surface area contributed by atoms with E-state index >= 15 is 0 Å². The lowest BCUT2D eigenvalue weighted by Gasteiger charge is -2.15. The standard InChI is InChI=1S/C18H21BrN2O2/c1-12(2)23-17-7-5-4-6-16(17)21-18(22)11-20-14-8-9-15(19)13(3)10-14/h4-10,12,20H,11H2,1-3H3,(H,21,22). The van der Waals surface area contributed by atoms with Gasteiger partial charge >= 0.3 is 0 Å². The van der Waals surface area contributed by atoms with Crippen LogP contribution in [-0.4, -0.2) is 18.6 Å². The molecular weight excluding hydrogens is 356 g/mol. The van der Waals surface area contributed by atoms with Crippen molar-refractivity contribution < 1.29 is 9.53 Å². The highest BCUT2D eigenvalue weighted by atomic mass is 79.9. The van der Waals surface area contributed by atoms with Crippen LogP contribution in [0.5, 0.6) is 5.75 Å². The molecular formula is C18H21BrN2O2. The van der Waals surface area contributed by atoms with Crippen LogP contribution in [0.1, 0.15) is 19.4 Å². The molecule has 0 aliphatic carbocycles. The van der Waals surface area contributed by atoms with E-state index in [4.69, 9.17) is 4.74 Å². The molecule has 0 atom stereocenters. The molecule has 4 nitrogen and oxygen atoms in total. The van der Waals surface area contributed by atoms with Crippen LogP contribution in [0.4, 0.5) is 11.4 Å². The maximum absolute atomic E-state index is 12.1. The Balaban J connectivity index is 1.96. The molecule has 0 aliphatic rings. The Kier molecular flexibility index (Phi) is 6.04. The van der Waals surface area contributed by atoms with Gasteiger partial charge in [0, 0.05) is 10.2 Å². The molecule has 2 N–H and O–H groups in total. The first kappa shape index (κ1) is 17.3. The molecule has 0 bridgehead atoms. The summed E-state index contributed by atoms with van der Waals surface area (Å²) in [6, 6.07) is 13.3. The van der Waals surface area contributed by atoms with Crippen LogP contribution in [0.25, 0.3) is 0 Å². The molecule has 1 amide bonds. The molecule has 0 aliphatic heterocycles. The Morgan fingerprint density at radius 2 is 1.96 bits per heavy atom. The average Bonchev–Trinajstić information content (AvgIpc) is 2.50. The summed E-state index contributed by atoms with van der Waals surface area (Å²) in [5.41, 5.74) is 2.71. The molecule has 0 saturated carbocycles. The lowest BCUT2D eigenvalue weighted by molar-refractivity contribution is -0.114. The molecule has 0 heterocycles. The zero-order valence-corrected chi connectivity index (χ0v) is 15.1. The van der Waals surface area contributed by atoms with Crippen molar-refractivity contribution in [3.8, 4) is 5.75 Å². The van der Waals surface area contributed by atoms with Gasteiger partial charge in [0.15, 0.2) is 0 Å². The van der Waals surface area contributed by atoms with Crippen LogP contribution in [0, 0.1) is 6.92 Å². The predicted octanol–water partition coefficient (Wildman–Crippen LogP) is 4.60. The van der Waals surface area contributed by atoms with Gasteiger partial charge in [0.1, 0.15) is 5.75 Å². The largest absolute Gasteiger partial charge is 0.489 e. The van der Waals surface area contributed by atoms with Crippen LogP contribution in [-0.2, 0) is 4.79 Å².